The number of amidine groups is 1. The van der Waals surface area contributed by atoms with Gasteiger partial charge in [0.15, 0.2) is 0 Å². The standard InChI is InChI=1S/C13H26N2/c1-9-6-10(2)8-11(7-9)15-12(14)13(3,4)5/h9-11H,6-8H2,1-5H3,(H2,14,15). The molecule has 1 fully saturated rings. The molecule has 2 unspecified atom stereocenters. The van der Waals surface area contributed by atoms with E-state index in [0.717, 1.165) is 17.7 Å². The van der Waals surface area contributed by atoms with Gasteiger partial charge < -0.3 is 5.73 Å². The van der Waals surface area contributed by atoms with Crippen molar-refractivity contribution in [2.45, 2.75) is 59.9 Å². The molecule has 1 saturated carbocycles. The molecular formula is C13H26N2. The minimum Gasteiger partial charge on any atom is -0.387 e. The molecule has 0 aromatic rings. The Kier molecular flexibility index (Phi) is 3.80. The molecule has 0 radical (unpaired) electrons. The van der Waals surface area contributed by atoms with Crippen molar-refractivity contribution in [3.05, 3.63) is 0 Å². The predicted molar refractivity (Wildman–Crippen MR) is 67.0 cm³/mol. The van der Waals surface area contributed by atoms with Gasteiger partial charge in [0.05, 0.1) is 11.9 Å². The molecule has 2 N–H and O–H groups in total. The van der Waals surface area contributed by atoms with E-state index in [0.29, 0.717) is 6.04 Å². The van der Waals surface area contributed by atoms with Crippen molar-refractivity contribution in [3.63, 3.8) is 0 Å². The number of nitrogens with two attached hydrogens (primary N) is 1. The summed E-state index contributed by atoms with van der Waals surface area (Å²) in [6.07, 6.45) is 3.77. The van der Waals surface area contributed by atoms with E-state index < -0.39 is 0 Å². The molecule has 0 saturated heterocycles. The Hall–Kier alpha value is -0.530. The summed E-state index contributed by atoms with van der Waals surface area (Å²) in [6, 6.07) is 0.461. The SMILES string of the molecule is CC1CC(C)CC(N=C(N)C(C)(C)C)C1. The molecule has 0 amide bonds. The molecule has 0 aliphatic heterocycles. The average molecular weight is 210 g/mol. The fraction of sp³-hybridized carbons (Fsp3) is 0.923. The molecule has 88 valence electrons. The zero-order valence-electron chi connectivity index (χ0n) is 10.9. The molecule has 2 atom stereocenters. The smallest absolute Gasteiger partial charge is 0.0994 e. The first-order valence-corrected chi connectivity index (χ1v) is 6.12. The molecule has 15 heavy (non-hydrogen) atoms. The van der Waals surface area contributed by atoms with E-state index in [1.807, 2.05) is 0 Å². The highest BCUT2D eigenvalue weighted by Crippen LogP contribution is 2.31. The largest absolute Gasteiger partial charge is 0.387 e. The van der Waals surface area contributed by atoms with Crippen molar-refractivity contribution in [2.24, 2.45) is 28.0 Å². The van der Waals surface area contributed by atoms with Crippen LogP contribution in [0.2, 0.25) is 0 Å². The topological polar surface area (TPSA) is 38.4 Å². The fourth-order valence-electron chi connectivity index (χ4n) is 2.40. The van der Waals surface area contributed by atoms with Crippen LogP contribution in [0, 0.1) is 17.3 Å². The van der Waals surface area contributed by atoms with Crippen LogP contribution in [0.25, 0.3) is 0 Å². The van der Waals surface area contributed by atoms with Crippen molar-refractivity contribution in [1.82, 2.24) is 0 Å². The number of nitrogens with zero attached hydrogens (tertiary/aromatic N) is 1. The third kappa shape index (κ3) is 3.84. The lowest BCUT2D eigenvalue weighted by Gasteiger charge is -2.30. The van der Waals surface area contributed by atoms with Gasteiger partial charge in [-0.25, -0.2) is 0 Å². The Morgan fingerprint density at radius 3 is 1.93 bits per heavy atom. The number of aliphatic imine (C=N–C) groups is 1. The van der Waals surface area contributed by atoms with Crippen LogP contribution in [-0.4, -0.2) is 11.9 Å². The maximum Gasteiger partial charge on any atom is 0.0994 e. The molecule has 0 spiro atoms. The van der Waals surface area contributed by atoms with E-state index in [1.165, 1.54) is 19.3 Å². The summed E-state index contributed by atoms with van der Waals surface area (Å²) < 4.78 is 0. The van der Waals surface area contributed by atoms with Gasteiger partial charge in [0.25, 0.3) is 0 Å². The van der Waals surface area contributed by atoms with E-state index in [2.05, 4.69) is 34.6 Å². The van der Waals surface area contributed by atoms with Crippen molar-refractivity contribution in [3.8, 4) is 0 Å². The normalized spacial score (nSPS) is 34.2. The summed E-state index contributed by atoms with van der Waals surface area (Å²) in [7, 11) is 0. The fourth-order valence-corrected chi connectivity index (χ4v) is 2.40. The van der Waals surface area contributed by atoms with Crippen molar-refractivity contribution in [1.29, 1.82) is 0 Å². The second-order valence-corrected chi connectivity index (χ2v) is 6.34. The third-order valence-electron chi connectivity index (χ3n) is 3.24. The summed E-state index contributed by atoms with van der Waals surface area (Å²) in [6.45, 7) is 11.0. The van der Waals surface area contributed by atoms with Crippen molar-refractivity contribution < 1.29 is 0 Å². The third-order valence-corrected chi connectivity index (χ3v) is 3.24. The van der Waals surface area contributed by atoms with E-state index in [1.54, 1.807) is 0 Å². The Morgan fingerprint density at radius 2 is 1.53 bits per heavy atom. The van der Waals surface area contributed by atoms with Gasteiger partial charge in [-0.15, -0.1) is 0 Å². The van der Waals surface area contributed by atoms with Gasteiger partial charge in [0.2, 0.25) is 0 Å². The first kappa shape index (κ1) is 12.5. The quantitative estimate of drug-likeness (QED) is 0.524. The predicted octanol–water partition coefficient (Wildman–Crippen LogP) is 3.21. The molecular weight excluding hydrogens is 184 g/mol. The van der Waals surface area contributed by atoms with Crippen LogP contribution >= 0.6 is 0 Å². The summed E-state index contributed by atoms with van der Waals surface area (Å²) in [4.78, 5) is 4.70. The Balaban J connectivity index is 2.65. The van der Waals surface area contributed by atoms with Crippen LogP contribution in [0.3, 0.4) is 0 Å². The highest BCUT2D eigenvalue weighted by molar-refractivity contribution is 5.85. The first-order chi connectivity index (χ1) is 6.79. The van der Waals surface area contributed by atoms with E-state index >= 15 is 0 Å². The maximum atomic E-state index is 6.02. The zero-order valence-corrected chi connectivity index (χ0v) is 10.9. The van der Waals surface area contributed by atoms with Crippen LogP contribution < -0.4 is 5.73 Å². The minimum atomic E-state index is 0.0178. The lowest BCUT2D eigenvalue weighted by atomic mass is 9.80. The summed E-state index contributed by atoms with van der Waals surface area (Å²) in [5.74, 6) is 2.42. The van der Waals surface area contributed by atoms with Crippen molar-refractivity contribution in [2.75, 3.05) is 0 Å². The van der Waals surface area contributed by atoms with Gasteiger partial charge in [0, 0.05) is 5.41 Å². The Morgan fingerprint density at radius 1 is 1.07 bits per heavy atom. The lowest BCUT2D eigenvalue weighted by Crippen LogP contribution is -2.32. The van der Waals surface area contributed by atoms with Gasteiger partial charge >= 0.3 is 0 Å². The first-order valence-electron chi connectivity index (χ1n) is 6.12. The van der Waals surface area contributed by atoms with Crippen LogP contribution in [0.4, 0.5) is 0 Å². The second-order valence-electron chi connectivity index (χ2n) is 6.34. The van der Waals surface area contributed by atoms with E-state index in [-0.39, 0.29) is 5.41 Å². The summed E-state index contributed by atoms with van der Waals surface area (Å²) >= 11 is 0. The average Bonchev–Trinajstić information content (AvgIpc) is 1.99. The molecule has 2 nitrogen and oxygen atoms in total. The molecule has 0 bridgehead atoms. The molecule has 1 aliphatic rings. The van der Waals surface area contributed by atoms with Crippen LogP contribution in [0.5, 0.6) is 0 Å². The summed E-state index contributed by atoms with van der Waals surface area (Å²) in [5.41, 5.74) is 6.04. The van der Waals surface area contributed by atoms with Crippen molar-refractivity contribution >= 4 is 5.84 Å². The van der Waals surface area contributed by atoms with E-state index in [9.17, 15) is 0 Å². The number of hydrogen-bond donors (Lipinski definition) is 1. The van der Waals surface area contributed by atoms with Gasteiger partial charge in [-0.05, 0) is 31.1 Å². The molecule has 1 aliphatic carbocycles. The van der Waals surface area contributed by atoms with Gasteiger partial charge in [-0.2, -0.15) is 0 Å². The maximum absolute atomic E-state index is 6.02. The minimum absolute atomic E-state index is 0.0178. The molecule has 0 heterocycles. The van der Waals surface area contributed by atoms with Gasteiger partial charge in [-0.1, -0.05) is 34.6 Å². The second kappa shape index (κ2) is 4.54. The van der Waals surface area contributed by atoms with E-state index in [4.69, 9.17) is 10.7 Å². The lowest BCUT2D eigenvalue weighted by molar-refractivity contribution is 0.269. The Labute approximate surface area is 94.3 Å². The molecule has 2 heteroatoms. The van der Waals surface area contributed by atoms with Crippen LogP contribution in [0.1, 0.15) is 53.9 Å². The highest BCUT2D eigenvalue weighted by Gasteiger charge is 2.25. The Bertz CT molecular complexity index is 227. The van der Waals surface area contributed by atoms with Crippen LogP contribution in [-0.2, 0) is 0 Å². The van der Waals surface area contributed by atoms with Gasteiger partial charge in [-0.3, -0.25) is 4.99 Å². The monoisotopic (exact) mass is 210 g/mol. The molecule has 0 aromatic heterocycles. The molecule has 0 aromatic carbocycles. The van der Waals surface area contributed by atoms with Crippen LogP contribution in [0.15, 0.2) is 4.99 Å². The number of rotatable bonds is 1. The van der Waals surface area contributed by atoms with Gasteiger partial charge in [0.1, 0.15) is 0 Å². The summed E-state index contributed by atoms with van der Waals surface area (Å²) in [5, 5.41) is 0. The zero-order chi connectivity index (χ0) is 11.6. The number of hydrogen-bond acceptors (Lipinski definition) is 1. The molecule has 1 rings (SSSR count). The highest BCUT2D eigenvalue weighted by atomic mass is 14.9.